The Balaban J connectivity index is 2.60. The summed E-state index contributed by atoms with van der Waals surface area (Å²) in [5, 5.41) is 8.33. The van der Waals surface area contributed by atoms with Crippen molar-refractivity contribution in [3.8, 4) is 0 Å². The molecule has 0 aromatic heterocycles. The van der Waals surface area contributed by atoms with Crippen molar-refractivity contribution in [1.82, 2.24) is 0 Å². The Morgan fingerprint density at radius 3 is 2.22 bits per heavy atom. The van der Waals surface area contributed by atoms with Crippen molar-refractivity contribution in [2.75, 3.05) is 0 Å². The molecule has 3 N–H and O–H groups in total. The number of carbonyl (C=O) groups is 2. The number of Topliss-reactive ketones (excluding diaryl/α,β-unsaturated/α-hetero) is 1. The van der Waals surface area contributed by atoms with Crippen LogP contribution in [-0.4, -0.2) is 22.4 Å². The van der Waals surface area contributed by atoms with Gasteiger partial charge in [0.25, 0.3) is 0 Å². The molecule has 0 aromatic carbocycles. The molecule has 9 heavy (non-hydrogen) atoms. The lowest BCUT2D eigenvalue weighted by Crippen LogP contribution is -2.58. The summed E-state index contributed by atoms with van der Waals surface area (Å²) in [5.41, 5.74) is 3.98. The van der Waals surface area contributed by atoms with E-state index in [2.05, 4.69) is 0 Å². The van der Waals surface area contributed by atoms with Crippen molar-refractivity contribution in [1.29, 1.82) is 0 Å². The van der Waals surface area contributed by atoms with Crippen LogP contribution in [0, 0.1) is 0 Å². The minimum absolute atomic E-state index is 0.0116. The highest BCUT2D eigenvalue weighted by molar-refractivity contribution is 5.99. The number of carbonyl (C=O) groups excluding carboxylic acids is 1. The van der Waals surface area contributed by atoms with Gasteiger partial charge in [0.15, 0.2) is 0 Å². The highest BCUT2D eigenvalue weighted by Crippen LogP contribution is 2.25. The van der Waals surface area contributed by atoms with Gasteiger partial charge in [-0.05, 0) is 0 Å². The summed E-state index contributed by atoms with van der Waals surface area (Å²) in [6, 6.07) is 0. The van der Waals surface area contributed by atoms with Crippen LogP contribution in [-0.2, 0) is 9.59 Å². The molecule has 0 amide bonds. The number of rotatable bonds is 1. The highest BCUT2D eigenvalue weighted by Gasteiger charge is 2.46. The monoisotopic (exact) mass is 129 g/mol. The Bertz CT molecular complexity index is 167. The molecule has 1 aliphatic rings. The topological polar surface area (TPSA) is 80.4 Å². The number of hydrogen-bond acceptors (Lipinski definition) is 3. The third kappa shape index (κ3) is 0.810. The van der Waals surface area contributed by atoms with Crippen LogP contribution in [0.1, 0.15) is 12.8 Å². The van der Waals surface area contributed by atoms with Gasteiger partial charge in [0.05, 0.1) is 0 Å². The molecule has 1 aliphatic carbocycles. The molecule has 1 saturated carbocycles. The molecule has 0 aromatic rings. The van der Waals surface area contributed by atoms with Crippen molar-refractivity contribution in [3.63, 3.8) is 0 Å². The van der Waals surface area contributed by atoms with E-state index in [1.54, 1.807) is 0 Å². The number of carboxylic acids is 1. The van der Waals surface area contributed by atoms with Crippen molar-refractivity contribution in [3.05, 3.63) is 0 Å². The molecule has 50 valence electrons. The quantitative estimate of drug-likeness (QED) is 0.482. The van der Waals surface area contributed by atoms with Crippen molar-refractivity contribution >= 4 is 11.8 Å². The summed E-state index contributed by atoms with van der Waals surface area (Å²) in [5.74, 6) is -1.15. The van der Waals surface area contributed by atoms with E-state index in [1.807, 2.05) is 0 Å². The third-order valence-corrected chi connectivity index (χ3v) is 1.45. The lowest BCUT2D eigenvalue weighted by atomic mass is 9.77. The maximum atomic E-state index is 10.3. The molecule has 0 heterocycles. The van der Waals surface area contributed by atoms with Crippen LogP contribution >= 0.6 is 0 Å². The summed E-state index contributed by atoms with van der Waals surface area (Å²) in [6.07, 6.45) is -0.0231. The van der Waals surface area contributed by atoms with E-state index in [9.17, 15) is 9.59 Å². The SMILES string of the molecule is NC1(C(=O)O)CC(=O)C1. The fourth-order valence-electron chi connectivity index (χ4n) is 0.803. The van der Waals surface area contributed by atoms with E-state index in [1.165, 1.54) is 0 Å². The van der Waals surface area contributed by atoms with Crippen LogP contribution in [0.25, 0.3) is 0 Å². The van der Waals surface area contributed by atoms with Gasteiger partial charge in [-0.1, -0.05) is 0 Å². The molecule has 1 fully saturated rings. The molecule has 1 rings (SSSR count). The minimum atomic E-state index is -1.24. The van der Waals surface area contributed by atoms with E-state index in [0.29, 0.717) is 0 Å². The van der Waals surface area contributed by atoms with E-state index in [4.69, 9.17) is 10.8 Å². The summed E-state index contributed by atoms with van der Waals surface area (Å²) in [7, 11) is 0. The maximum absolute atomic E-state index is 10.3. The fraction of sp³-hybridized carbons (Fsp3) is 0.600. The maximum Gasteiger partial charge on any atom is 0.324 e. The first-order chi connectivity index (χ1) is 4.04. The van der Waals surface area contributed by atoms with Crippen LogP contribution in [0.15, 0.2) is 0 Å². The van der Waals surface area contributed by atoms with Gasteiger partial charge in [0.2, 0.25) is 0 Å². The zero-order chi connectivity index (χ0) is 7.07. The van der Waals surface area contributed by atoms with Crippen LogP contribution in [0.4, 0.5) is 0 Å². The molecule has 4 heteroatoms. The largest absolute Gasteiger partial charge is 0.480 e. The number of ketones is 1. The lowest BCUT2D eigenvalue weighted by molar-refractivity contribution is -0.152. The van der Waals surface area contributed by atoms with Crippen molar-refractivity contribution in [2.24, 2.45) is 5.73 Å². The molecule has 0 radical (unpaired) electrons. The Morgan fingerprint density at radius 1 is 1.67 bits per heavy atom. The van der Waals surface area contributed by atoms with Crippen LogP contribution < -0.4 is 5.73 Å². The van der Waals surface area contributed by atoms with Gasteiger partial charge in [0, 0.05) is 12.8 Å². The molecule has 0 saturated heterocycles. The minimum Gasteiger partial charge on any atom is -0.480 e. The van der Waals surface area contributed by atoms with Gasteiger partial charge in [-0.25, -0.2) is 0 Å². The number of aliphatic carboxylic acids is 1. The molecule has 0 spiro atoms. The molecular formula is C5H7NO3. The normalized spacial score (nSPS) is 23.0. The fourth-order valence-corrected chi connectivity index (χ4v) is 0.803. The smallest absolute Gasteiger partial charge is 0.324 e. The van der Waals surface area contributed by atoms with Gasteiger partial charge >= 0.3 is 5.97 Å². The summed E-state index contributed by atoms with van der Waals surface area (Å²) >= 11 is 0. The highest BCUT2D eigenvalue weighted by atomic mass is 16.4. The summed E-state index contributed by atoms with van der Waals surface area (Å²) < 4.78 is 0. The first kappa shape index (κ1) is 6.22. The predicted octanol–water partition coefficient (Wildman–Crippen LogP) is -0.869. The van der Waals surface area contributed by atoms with Gasteiger partial charge in [-0.3, -0.25) is 9.59 Å². The average Bonchev–Trinajstić information content (AvgIpc) is 1.62. The summed E-state index contributed by atoms with van der Waals surface area (Å²) in [4.78, 5) is 20.4. The van der Waals surface area contributed by atoms with Crippen LogP contribution in [0.5, 0.6) is 0 Å². The molecule has 4 nitrogen and oxygen atoms in total. The Hall–Kier alpha value is -0.900. The third-order valence-electron chi connectivity index (χ3n) is 1.45. The number of carboxylic acid groups (broad SMARTS) is 1. The van der Waals surface area contributed by atoms with E-state index < -0.39 is 11.5 Å². The Labute approximate surface area is 51.7 Å². The zero-order valence-corrected chi connectivity index (χ0v) is 4.76. The van der Waals surface area contributed by atoms with E-state index >= 15 is 0 Å². The molecule has 0 atom stereocenters. The second-order valence-electron chi connectivity index (χ2n) is 2.35. The summed E-state index contributed by atoms with van der Waals surface area (Å²) in [6.45, 7) is 0. The van der Waals surface area contributed by atoms with Crippen LogP contribution in [0.3, 0.4) is 0 Å². The van der Waals surface area contributed by atoms with Gasteiger partial charge in [-0.2, -0.15) is 0 Å². The zero-order valence-electron chi connectivity index (χ0n) is 4.76. The average molecular weight is 129 g/mol. The Kier molecular flexibility index (Phi) is 1.06. The van der Waals surface area contributed by atoms with E-state index in [0.717, 1.165) is 0 Å². The molecule has 0 bridgehead atoms. The number of nitrogens with two attached hydrogens (primary N) is 1. The standard InChI is InChI=1S/C5H7NO3/c6-5(4(8)9)1-3(7)2-5/h1-2,6H2,(H,8,9). The second-order valence-corrected chi connectivity index (χ2v) is 2.35. The van der Waals surface area contributed by atoms with Gasteiger partial charge < -0.3 is 10.8 Å². The van der Waals surface area contributed by atoms with Crippen molar-refractivity contribution < 1.29 is 14.7 Å². The number of hydrogen-bond donors (Lipinski definition) is 2. The van der Waals surface area contributed by atoms with E-state index in [-0.39, 0.29) is 18.6 Å². The molecular weight excluding hydrogens is 122 g/mol. The predicted molar refractivity (Wildman–Crippen MR) is 28.8 cm³/mol. The molecule has 0 unspecified atom stereocenters. The Morgan fingerprint density at radius 2 is 2.11 bits per heavy atom. The van der Waals surface area contributed by atoms with Gasteiger partial charge in [0.1, 0.15) is 11.3 Å². The van der Waals surface area contributed by atoms with Crippen molar-refractivity contribution in [2.45, 2.75) is 18.4 Å². The van der Waals surface area contributed by atoms with Crippen LogP contribution in [0.2, 0.25) is 0 Å². The second kappa shape index (κ2) is 1.54. The lowest BCUT2D eigenvalue weighted by Gasteiger charge is -2.31. The molecule has 0 aliphatic heterocycles. The first-order valence-electron chi connectivity index (χ1n) is 2.58. The first-order valence-corrected chi connectivity index (χ1v) is 2.58. The van der Waals surface area contributed by atoms with Gasteiger partial charge in [-0.15, -0.1) is 0 Å².